The van der Waals surface area contributed by atoms with E-state index in [0.717, 1.165) is 14.7 Å². The Hall–Kier alpha value is -0.620. The third kappa shape index (κ3) is 2.74. The van der Waals surface area contributed by atoms with E-state index in [-0.39, 0.29) is 5.91 Å². The first-order valence-electron chi connectivity index (χ1n) is 5.31. The Morgan fingerprint density at radius 2 is 2.00 bits per heavy atom. The van der Waals surface area contributed by atoms with Crippen LogP contribution in [0.15, 0.2) is 18.2 Å². The number of halogens is 1. The predicted octanol–water partition coefficient (Wildman–Crippen LogP) is 2.07. The van der Waals surface area contributed by atoms with Gasteiger partial charge >= 0.3 is 0 Å². The smallest absolute Gasteiger partial charge is 0.254 e. The summed E-state index contributed by atoms with van der Waals surface area (Å²) in [5.74, 6) is 0.116. The van der Waals surface area contributed by atoms with Crippen molar-refractivity contribution in [3.63, 3.8) is 0 Å². The maximum absolute atomic E-state index is 12.2. The number of aryl methyl sites for hydroxylation is 1. The Labute approximate surface area is 109 Å². The lowest BCUT2D eigenvalue weighted by atomic mass is 10.1. The number of nitrogens with zero attached hydrogens (tertiary/aromatic N) is 1. The number of carbonyl (C=O) groups is 1. The van der Waals surface area contributed by atoms with Gasteiger partial charge in [0, 0.05) is 22.2 Å². The summed E-state index contributed by atoms with van der Waals surface area (Å²) in [6.07, 6.45) is 0. The zero-order chi connectivity index (χ0) is 11.5. The van der Waals surface area contributed by atoms with Crippen molar-refractivity contribution in [1.82, 2.24) is 4.90 Å². The number of amides is 1. The van der Waals surface area contributed by atoms with Gasteiger partial charge in [-0.25, -0.2) is 0 Å². The predicted molar refractivity (Wildman–Crippen MR) is 70.6 cm³/mol. The highest BCUT2D eigenvalue weighted by molar-refractivity contribution is 14.1. The van der Waals surface area contributed by atoms with Gasteiger partial charge in [-0.2, -0.15) is 0 Å². The van der Waals surface area contributed by atoms with E-state index >= 15 is 0 Å². The maximum Gasteiger partial charge on any atom is 0.254 e. The minimum Gasteiger partial charge on any atom is -0.378 e. The highest BCUT2D eigenvalue weighted by Gasteiger charge is 2.18. The summed E-state index contributed by atoms with van der Waals surface area (Å²) < 4.78 is 6.34. The van der Waals surface area contributed by atoms with Gasteiger partial charge in [-0.15, -0.1) is 0 Å². The van der Waals surface area contributed by atoms with Gasteiger partial charge < -0.3 is 9.64 Å². The molecular weight excluding hydrogens is 317 g/mol. The summed E-state index contributed by atoms with van der Waals surface area (Å²) in [7, 11) is 0. The summed E-state index contributed by atoms with van der Waals surface area (Å²) in [4.78, 5) is 14.0. The Bertz CT molecular complexity index is 380. The Morgan fingerprint density at radius 3 is 2.62 bits per heavy atom. The van der Waals surface area contributed by atoms with Crippen LogP contribution in [0.25, 0.3) is 0 Å². The molecule has 0 radical (unpaired) electrons. The molecule has 1 aromatic rings. The molecule has 16 heavy (non-hydrogen) atoms. The Kier molecular flexibility index (Phi) is 3.81. The highest BCUT2D eigenvalue weighted by Crippen LogP contribution is 2.14. The first kappa shape index (κ1) is 11.9. The Morgan fingerprint density at radius 1 is 1.31 bits per heavy atom. The molecule has 0 spiro atoms. The van der Waals surface area contributed by atoms with E-state index < -0.39 is 0 Å². The average Bonchev–Trinajstić information content (AvgIpc) is 2.28. The number of hydrogen-bond acceptors (Lipinski definition) is 2. The summed E-state index contributed by atoms with van der Waals surface area (Å²) in [6, 6.07) is 5.95. The normalized spacial score (nSPS) is 16.2. The van der Waals surface area contributed by atoms with E-state index in [1.807, 2.05) is 24.0 Å². The molecule has 4 heteroatoms. The van der Waals surface area contributed by atoms with Crippen LogP contribution in [-0.4, -0.2) is 37.1 Å². The number of carbonyl (C=O) groups excluding carboxylic acids is 1. The van der Waals surface area contributed by atoms with Crippen LogP contribution in [0.5, 0.6) is 0 Å². The fourth-order valence-corrected chi connectivity index (χ4v) is 2.64. The SMILES string of the molecule is Cc1cc(I)cc(C(=O)N2CCOCC2)c1. The molecule has 1 aliphatic rings. The molecule has 0 aliphatic carbocycles. The largest absolute Gasteiger partial charge is 0.378 e. The number of ether oxygens (including phenoxy) is 1. The summed E-state index contributed by atoms with van der Waals surface area (Å²) in [5, 5.41) is 0. The summed E-state index contributed by atoms with van der Waals surface area (Å²) >= 11 is 2.24. The van der Waals surface area contributed by atoms with E-state index in [0.29, 0.717) is 26.3 Å². The van der Waals surface area contributed by atoms with Gasteiger partial charge in [0.1, 0.15) is 0 Å². The van der Waals surface area contributed by atoms with E-state index in [2.05, 4.69) is 28.7 Å². The van der Waals surface area contributed by atoms with E-state index in [9.17, 15) is 4.79 Å². The third-order valence-corrected chi connectivity index (χ3v) is 3.21. The van der Waals surface area contributed by atoms with Crippen molar-refractivity contribution in [2.75, 3.05) is 26.3 Å². The second-order valence-corrected chi connectivity index (χ2v) is 5.17. The topological polar surface area (TPSA) is 29.5 Å². The first-order chi connectivity index (χ1) is 7.66. The fourth-order valence-electron chi connectivity index (χ4n) is 1.81. The lowest BCUT2D eigenvalue weighted by Gasteiger charge is -2.27. The fraction of sp³-hybridized carbons (Fsp3) is 0.417. The molecular formula is C12H14INO2. The van der Waals surface area contributed by atoms with E-state index in [4.69, 9.17) is 4.74 Å². The summed E-state index contributed by atoms with van der Waals surface area (Å²) in [6.45, 7) is 4.70. The van der Waals surface area contributed by atoms with Crippen LogP contribution in [0.4, 0.5) is 0 Å². The van der Waals surface area contributed by atoms with Crippen molar-refractivity contribution in [1.29, 1.82) is 0 Å². The van der Waals surface area contributed by atoms with Crippen molar-refractivity contribution in [2.45, 2.75) is 6.92 Å². The van der Waals surface area contributed by atoms with Crippen molar-refractivity contribution < 1.29 is 9.53 Å². The quantitative estimate of drug-likeness (QED) is 0.738. The molecule has 1 aromatic carbocycles. The Balaban J connectivity index is 2.19. The van der Waals surface area contributed by atoms with Crippen LogP contribution < -0.4 is 0 Å². The number of morpholine rings is 1. The second-order valence-electron chi connectivity index (χ2n) is 3.92. The maximum atomic E-state index is 12.2. The van der Waals surface area contributed by atoms with E-state index in [1.165, 1.54) is 0 Å². The molecule has 0 unspecified atom stereocenters. The molecule has 1 saturated heterocycles. The van der Waals surface area contributed by atoms with Crippen LogP contribution in [0.1, 0.15) is 15.9 Å². The molecule has 1 heterocycles. The minimum atomic E-state index is 0.116. The van der Waals surface area contributed by atoms with Gasteiger partial charge in [-0.05, 0) is 53.3 Å². The molecule has 86 valence electrons. The zero-order valence-corrected chi connectivity index (χ0v) is 11.4. The number of benzene rings is 1. The van der Waals surface area contributed by atoms with E-state index in [1.54, 1.807) is 0 Å². The van der Waals surface area contributed by atoms with Crippen molar-refractivity contribution in [3.05, 3.63) is 32.9 Å². The van der Waals surface area contributed by atoms with Crippen molar-refractivity contribution in [2.24, 2.45) is 0 Å². The molecule has 1 fully saturated rings. The van der Waals surface area contributed by atoms with Crippen molar-refractivity contribution in [3.8, 4) is 0 Å². The van der Waals surface area contributed by atoms with Gasteiger partial charge in [0.05, 0.1) is 13.2 Å². The molecule has 0 saturated carbocycles. The van der Waals surface area contributed by atoms with Crippen LogP contribution >= 0.6 is 22.6 Å². The summed E-state index contributed by atoms with van der Waals surface area (Å²) in [5.41, 5.74) is 1.91. The number of hydrogen-bond donors (Lipinski definition) is 0. The van der Waals surface area contributed by atoms with Gasteiger partial charge in [-0.3, -0.25) is 4.79 Å². The lowest BCUT2D eigenvalue weighted by Crippen LogP contribution is -2.40. The molecule has 0 atom stereocenters. The van der Waals surface area contributed by atoms with Gasteiger partial charge in [-0.1, -0.05) is 0 Å². The molecule has 1 aliphatic heterocycles. The molecule has 2 rings (SSSR count). The monoisotopic (exact) mass is 331 g/mol. The van der Waals surface area contributed by atoms with Crippen molar-refractivity contribution >= 4 is 28.5 Å². The molecule has 3 nitrogen and oxygen atoms in total. The minimum absolute atomic E-state index is 0.116. The lowest BCUT2D eigenvalue weighted by molar-refractivity contribution is 0.0303. The molecule has 0 aromatic heterocycles. The van der Waals surface area contributed by atoms with Crippen LogP contribution in [0, 0.1) is 10.5 Å². The highest BCUT2D eigenvalue weighted by atomic mass is 127. The van der Waals surface area contributed by atoms with Gasteiger partial charge in [0.15, 0.2) is 0 Å². The first-order valence-corrected chi connectivity index (χ1v) is 6.39. The van der Waals surface area contributed by atoms with Gasteiger partial charge in [0.25, 0.3) is 5.91 Å². The standard InChI is InChI=1S/C12H14INO2/c1-9-6-10(8-11(13)7-9)12(15)14-2-4-16-5-3-14/h6-8H,2-5H2,1H3. The molecule has 0 N–H and O–H groups in total. The third-order valence-electron chi connectivity index (χ3n) is 2.59. The molecule has 0 bridgehead atoms. The van der Waals surface area contributed by atoms with Crippen LogP contribution in [0.3, 0.4) is 0 Å². The van der Waals surface area contributed by atoms with Crippen LogP contribution in [-0.2, 0) is 4.74 Å². The van der Waals surface area contributed by atoms with Crippen LogP contribution in [0.2, 0.25) is 0 Å². The average molecular weight is 331 g/mol. The molecule has 1 amide bonds. The van der Waals surface area contributed by atoms with Gasteiger partial charge in [0.2, 0.25) is 0 Å². The number of rotatable bonds is 1. The zero-order valence-electron chi connectivity index (χ0n) is 9.20. The second kappa shape index (κ2) is 5.14.